The van der Waals surface area contributed by atoms with Gasteiger partial charge in [0.1, 0.15) is 5.70 Å². The number of likely N-dealkylation sites (N-methyl/N-ethyl adjacent to an activating group) is 1. The Hall–Kier alpha value is -1.07. The topological polar surface area (TPSA) is 53.0 Å². The average Bonchev–Trinajstić information content (AvgIpc) is 2.10. The molecule has 1 aliphatic rings. The molecule has 0 atom stereocenters. The van der Waals surface area contributed by atoms with Gasteiger partial charge in [0.15, 0.2) is 6.29 Å². The highest BCUT2D eigenvalue weighted by atomic mass is 17.0. The van der Waals surface area contributed by atoms with Crippen molar-refractivity contribution in [2.45, 2.75) is 0 Å². The molecule has 1 heterocycles. The van der Waals surface area contributed by atoms with E-state index in [0.717, 1.165) is 11.3 Å². The van der Waals surface area contributed by atoms with Gasteiger partial charge in [0.05, 0.1) is 6.20 Å². The third kappa shape index (κ3) is 1.01. The van der Waals surface area contributed by atoms with Crippen molar-refractivity contribution in [3.63, 3.8) is 0 Å². The van der Waals surface area contributed by atoms with Crippen LogP contribution < -0.4 is 0 Å². The Bertz CT molecular complexity index is 156. The van der Waals surface area contributed by atoms with E-state index in [1.807, 2.05) is 0 Å². The van der Waals surface area contributed by atoms with Crippen LogP contribution in [0.2, 0.25) is 0 Å². The summed E-state index contributed by atoms with van der Waals surface area (Å²) in [5.41, 5.74) is 0.275. The molecule has 0 aromatic rings. The zero-order chi connectivity index (χ0) is 6.85. The number of hydroxylamine groups is 4. The maximum absolute atomic E-state index is 10.0. The maximum atomic E-state index is 10.0. The number of nitrogens with zero attached hydrogens (tertiary/aromatic N) is 2. The van der Waals surface area contributed by atoms with E-state index >= 15 is 0 Å². The smallest absolute Gasteiger partial charge is 0.170 e. The van der Waals surface area contributed by atoms with Crippen LogP contribution in [0.3, 0.4) is 0 Å². The van der Waals surface area contributed by atoms with Crippen molar-refractivity contribution < 1.29 is 14.9 Å². The molecule has 0 aliphatic carbocycles. The van der Waals surface area contributed by atoms with Crippen LogP contribution in [0.15, 0.2) is 11.9 Å². The van der Waals surface area contributed by atoms with Gasteiger partial charge >= 0.3 is 0 Å². The molecule has 0 fully saturated rings. The van der Waals surface area contributed by atoms with E-state index in [9.17, 15) is 4.79 Å². The lowest BCUT2D eigenvalue weighted by Crippen LogP contribution is -2.17. The minimum Gasteiger partial charge on any atom is -0.296 e. The summed E-state index contributed by atoms with van der Waals surface area (Å²) in [5, 5.41) is 10.1. The zero-order valence-electron chi connectivity index (χ0n) is 4.81. The van der Waals surface area contributed by atoms with Crippen LogP contribution in [0.5, 0.6) is 0 Å². The van der Waals surface area contributed by atoms with E-state index in [2.05, 4.69) is 4.94 Å². The molecule has 0 spiro atoms. The summed E-state index contributed by atoms with van der Waals surface area (Å²) in [6.07, 6.45) is 1.74. The number of hydrogen-bond donors (Lipinski definition) is 1. The van der Waals surface area contributed by atoms with Crippen LogP contribution in [-0.2, 0) is 9.73 Å². The molecule has 5 heteroatoms. The molecule has 0 amide bonds. The van der Waals surface area contributed by atoms with Crippen LogP contribution in [0.1, 0.15) is 0 Å². The third-order valence-electron chi connectivity index (χ3n) is 0.933. The first-order chi connectivity index (χ1) is 4.24. The van der Waals surface area contributed by atoms with Crippen molar-refractivity contribution in [2.24, 2.45) is 0 Å². The Morgan fingerprint density at radius 2 is 2.56 bits per heavy atom. The predicted molar refractivity (Wildman–Crippen MR) is 26.6 cm³/mol. The summed E-state index contributed by atoms with van der Waals surface area (Å²) in [6, 6.07) is 0. The van der Waals surface area contributed by atoms with Crippen LogP contribution in [-0.4, -0.2) is 28.8 Å². The summed E-state index contributed by atoms with van der Waals surface area (Å²) >= 11 is 0. The lowest BCUT2D eigenvalue weighted by Gasteiger charge is -2.09. The molecule has 1 aliphatic heterocycles. The lowest BCUT2D eigenvalue weighted by atomic mass is 10.5. The Morgan fingerprint density at radius 1 is 1.89 bits per heavy atom. The molecule has 0 unspecified atom stereocenters. The van der Waals surface area contributed by atoms with Gasteiger partial charge in [-0.2, -0.15) is 0 Å². The van der Waals surface area contributed by atoms with Crippen LogP contribution >= 0.6 is 0 Å². The fourth-order valence-electron chi connectivity index (χ4n) is 0.495. The van der Waals surface area contributed by atoms with Crippen LogP contribution in [0.25, 0.3) is 0 Å². The number of carbonyl (C=O) groups excluding carboxylic acids is 1. The number of aldehydes is 1. The minimum atomic E-state index is 0.275. The molecule has 9 heavy (non-hydrogen) atoms. The first kappa shape index (κ1) is 6.06. The lowest BCUT2D eigenvalue weighted by molar-refractivity contribution is -0.375. The summed E-state index contributed by atoms with van der Waals surface area (Å²) in [4.78, 5) is 14.5. The summed E-state index contributed by atoms with van der Waals surface area (Å²) in [6.45, 7) is 0. The van der Waals surface area contributed by atoms with Gasteiger partial charge < -0.3 is 0 Å². The van der Waals surface area contributed by atoms with E-state index in [-0.39, 0.29) is 5.70 Å². The van der Waals surface area contributed by atoms with Gasteiger partial charge in [0, 0.05) is 7.05 Å². The molecule has 0 aromatic carbocycles. The van der Waals surface area contributed by atoms with Crippen molar-refractivity contribution >= 4 is 6.29 Å². The van der Waals surface area contributed by atoms with E-state index in [1.165, 1.54) is 7.05 Å². The molecule has 1 rings (SSSR count). The molecule has 50 valence electrons. The first-order valence-corrected chi connectivity index (χ1v) is 2.31. The molecule has 5 nitrogen and oxygen atoms in total. The van der Waals surface area contributed by atoms with Crippen molar-refractivity contribution in [3.05, 3.63) is 11.9 Å². The Balaban J connectivity index is 2.68. The molecular weight excluding hydrogens is 124 g/mol. The molecule has 1 N–H and O–H groups in total. The Labute approximate surface area is 51.6 Å². The zero-order valence-corrected chi connectivity index (χ0v) is 4.81. The largest absolute Gasteiger partial charge is 0.296 e. The van der Waals surface area contributed by atoms with Gasteiger partial charge in [-0.3, -0.25) is 10.0 Å². The number of hydrogen-bond acceptors (Lipinski definition) is 5. The van der Waals surface area contributed by atoms with Gasteiger partial charge in [-0.15, -0.1) is 10.2 Å². The van der Waals surface area contributed by atoms with E-state index in [4.69, 9.17) is 5.21 Å². The highest BCUT2D eigenvalue weighted by Gasteiger charge is 2.15. The number of carbonyl (C=O) groups is 1. The summed E-state index contributed by atoms with van der Waals surface area (Å²) < 4.78 is 0. The van der Waals surface area contributed by atoms with Gasteiger partial charge in [0.25, 0.3) is 0 Å². The SMILES string of the molecule is CN1ON(O)C=C1C=O. The molecule has 0 saturated carbocycles. The second-order valence-corrected chi connectivity index (χ2v) is 1.55. The Kier molecular flexibility index (Phi) is 1.37. The summed E-state index contributed by atoms with van der Waals surface area (Å²) in [5.74, 6) is 0. The number of allylic oxidation sites excluding steroid dienone is 1. The molecule has 0 aromatic heterocycles. The molecule has 0 bridgehead atoms. The highest BCUT2D eigenvalue weighted by molar-refractivity contribution is 5.71. The quantitative estimate of drug-likeness (QED) is 0.485. The minimum absolute atomic E-state index is 0.275. The van der Waals surface area contributed by atoms with Crippen molar-refractivity contribution in [1.82, 2.24) is 10.3 Å². The van der Waals surface area contributed by atoms with Crippen molar-refractivity contribution in [2.75, 3.05) is 7.05 Å². The maximum Gasteiger partial charge on any atom is 0.170 e. The van der Waals surface area contributed by atoms with Crippen molar-refractivity contribution in [3.8, 4) is 0 Å². The van der Waals surface area contributed by atoms with E-state index in [0.29, 0.717) is 11.5 Å². The van der Waals surface area contributed by atoms with Gasteiger partial charge in [0.2, 0.25) is 0 Å². The van der Waals surface area contributed by atoms with E-state index < -0.39 is 0 Å². The molecule has 0 radical (unpaired) electrons. The van der Waals surface area contributed by atoms with E-state index in [1.54, 1.807) is 0 Å². The van der Waals surface area contributed by atoms with Gasteiger partial charge in [-0.25, -0.2) is 5.06 Å². The van der Waals surface area contributed by atoms with Crippen LogP contribution in [0.4, 0.5) is 0 Å². The van der Waals surface area contributed by atoms with Gasteiger partial charge in [-0.05, 0) is 0 Å². The van der Waals surface area contributed by atoms with Gasteiger partial charge in [-0.1, -0.05) is 0 Å². The fourth-order valence-corrected chi connectivity index (χ4v) is 0.495. The third-order valence-corrected chi connectivity index (χ3v) is 0.933. The monoisotopic (exact) mass is 130 g/mol. The second-order valence-electron chi connectivity index (χ2n) is 1.55. The van der Waals surface area contributed by atoms with Crippen LogP contribution in [0, 0.1) is 0 Å². The molecule has 0 saturated heterocycles. The average molecular weight is 130 g/mol. The Morgan fingerprint density at radius 3 is 2.78 bits per heavy atom. The highest BCUT2D eigenvalue weighted by Crippen LogP contribution is 2.09. The van der Waals surface area contributed by atoms with Crippen molar-refractivity contribution in [1.29, 1.82) is 0 Å². The fraction of sp³-hybridized carbons (Fsp3) is 0.250. The normalized spacial score (nSPS) is 18.2. The predicted octanol–water partition coefficient (Wildman–Crippen LogP) is -0.490. The first-order valence-electron chi connectivity index (χ1n) is 2.31. The molecular formula is C4H6N2O3. The summed E-state index contributed by atoms with van der Waals surface area (Å²) in [7, 11) is 1.51. The standard InChI is InChI=1S/C4H6N2O3/c1-5-4(3-7)2-6(8)9-5/h2-3,8H,1H3. The number of rotatable bonds is 1. The second kappa shape index (κ2) is 2.04.